The number of rotatable bonds is 6. The normalized spacial score (nSPS) is 15.4. The van der Waals surface area contributed by atoms with Crippen LogP contribution in [0.3, 0.4) is 0 Å². The van der Waals surface area contributed by atoms with Crippen molar-refractivity contribution in [2.45, 2.75) is 45.3 Å². The van der Waals surface area contributed by atoms with Gasteiger partial charge in [0.15, 0.2) is 5.82 Å². The van der Waals surface area contributed by atoms with Gasteiger partial charge in [-0.1, -0.05) is 6.07 Å². The Labute approximate surface area is 170 Å². The van der Waals surface area contributed by atoms with E-state index in [4.69, 9.17) is 5.11 Å². The number of halogens is 3. The van der Waals surface area contributed by atoms with Gasteiger partial charge in [0, 0.05) is 19.5 Å². The summed E-state index contributed by atoms with van der Waals surface area (Å²) in [5.41, 5.74) is 0.200. The molecule has 11 heteroatoms. The van der Waals surface area contributed by atoms with Crippen LogP contribution in [0.2, 0.25) is 0 Å². The summed E-state index contributed by atoms with van der Waals surface area (Å²) in [5, 5.41) is 20.6. The Bertz CT molecular complexity index is 920. The number of benzene rings is 1. The maximum atomic E-state index is 13.1. The van der Waals surface area contributed by atoms with E-state index in [0.717, 1.165) is 12.1 Å². The zero-order valence-electron chi connectivity index (χ0n) is 16.4. The zero-order valence-corrected chi connectivity index (χ0v) is 16.4. The molecule has 162 valence electrons. The maximum absolute atomic E-state index is 13.1. The van der Waals surface area contributed by atoms with Crippen molar-refractivity contribution in [2.75, 3.05) is 13.1 Å². The van der Waals surface area contributed by atoms with Gasteiger partial charge in [0.1, 0.15) is 0 Å². The highest BCUT2D eigenvalue weighted by Gasteiger charge is 2.31. The minimum Gasteiger partial charge on any atom is -0.481 e. The van der Waals surface area contributed by atoms with Crippen LogP contribution in [-0.4, -0.2) is 55.2 Å². The molecule has 0 atom stereocenters. The summed E-state index contributed by atoms with van der Waals surface area (Å²) in [7, 11) is 0. The van der Waals surface area contributed by atoms with Gasteiger partial charge in [-0.05, 0) is 54.7 Å². The third-order valence-corrected chi connectivity index (χ3v) is 5.20. The fourth-order valence-corrected chi connectivity index (χ4v) is 3.51. The van der Waals surface area contributed by atoms with Crippen LogP contribution in [0.1, 0.15) is 41.8 Å². The minimum absolute atomic E-state index is 0.0122. The first kappa shape index (κ1) is 21.7. The lowest BCUT2D eigenvalue weighted by Crippen LogP contribution is -2.40. The van der Waals surface area contributed by atoms with E-state index in [2.05, 4.69) is 15.4 Å². The quantitative estimate of drug-likeness (QED) is 0.762. The van der Waals surface area contributed by atoms with Gasteiger partial charge in [-0.15, -0.1) is 10.2 Å². The standard InChI is InChI=1S/C19H22F3N5O3/c1-12-23-25-27(24-12)11-15-10-16(19(20,21)22)4-2-13(15)3-5-17(28)26-8-6-14(7-9-26)18(29)30/h2,4,10,14H,3,5-9,11H2,1H3,(H,29,30). The van der Waals surface area contributed by atoms with Gasteiger partial charge in [0.2, 0.25) is 5.91 Å². The lowest BCUT2D eigenvalue weighted by molar-refractivity contribution is -0.145. The highest BCUT2D eigenvalue weighted by molar-refractivity contribution is 5.77. The monoisotopic (exact) mass is 425 g/mol. The summed E-state index contributed by atoms with van der Waals surface area (Å²) in [6.07, 6.45) is -3.28. The van der Waals surface area contributed by atoms with E-state index < -0.39 is 23.6 Å². The summed E-state index contributed by atoms with van der Waals surface area (Å²) in [6.45, 7) is 2.39. The molecule has 2 aromatic rings. The molecule has 1 saturated heterocycles. The molecule has 1 aromatic heterocycles. The maximum Gasteiger partial charge on any atom is 0.416 e. The number of hydrogen-bond donors (Lipinski definition) is 1. The Kier molecular flexibility index (Phi) is 6.37. The number of piperidine rings is 1. The second kappa shape index (κ2) is 8.80. The molecule has 30 heavy (non-hydrogen) atoms. The van der Waals surface area contributed by atoms with Crippen molar-refractivity contribution in [3.63, 3.8) is 0 Å². The molecule has 1 N–H and O–H groups in total. The van der Waals surface area contributed by atoms with Crippen LogP contribution in [0.4, 0.5) is 13.2 Å². The van der Waals surface area contributed by atoms with Crippen LogP contribution in [0, 0.1) is 12.8 Å². The molecule has 8 nitrogen and oxygen atoms in total. The summed E-state index contributed by atoms with van der Waals surface area (Å²) >= 11 is 0. The summed E-state index contributed by atoms with van der Waals surface area (Å²) in [6, 6.07) is 3.43. The number of aliphatic carboxylic acids is 1. The number of carbonyl (C=O) groups is 2. The Balaban J connectivity index is 1.70. The van der Waals surface area contributed by atoms with E-state index in [1.54, 1.807) is 11.8 Å². The number of carboxylic acid groups (broad SMARTS) is 1. The third kappa shape index (κ3) is 5.33. The molecule has 3 rings (SSSR count). The number of hydrogen-bond acceptors (Lipinski definition) is 5. The first-order valence-corrected chi connectivity index (χ1v) is 9.57. The Hall–Kier alpha value is -2.98. The molecule has 1 aromatic carbocycles. The topological polar surface area (TPSA) is 101 Å². The van der Waals surface area contributed by atoms with Gasteiger partial charge in [0.05, 0.1) is 18.0 Å². The highest BCUT2D eigenvalue weighted by Crippen LogP contribution is 2.31. The zero-order chi connectivity index (χ0) is 21.9. The van der Waals surface area contributed by atoms with Crippen molar-refractivity contribution in [3.8, 4) is 0 Å². The smallest absolute Gasteiger partial charge is 0.416 e. The molecule has 0 unspecified atom stereocenters. The lowest BCUT2D eigenvalue weighted by atomic mass is 9.96. The first-order valence-electron chi connectivity index (χ1n) is 9.57. The van der Waals surface area contributed by atoms with Gasteiger partial charge in [-0.25, -0.2) is 0 Å². The molecule has 1 aliphatic heterocycles. The number of nitrogens with zero attached hydrogens (tertiary/aromatic N) is 5. The molecule has 1 aliphatic rings. The molecule has 0 spiro atoms. The second-order valence-electron chi connectivity index (χ2n) is 7.34. The highest BCUT2D eigenvalue weighted by atomic mass is 19.4. The molecular formula is C19H22F3N5O3. The van der Waals surface area contributed by atoms with Crippen LogP contribution in [0.25, 0.3) is 0 Å². The predicted octanol–water partition coefficient (Wildman–Crippen LogP) is 2.30. The minimum atomic E-state index is -4.48. The Morgan fingerprint density at radius 1 is 1.20 bits per heavy atom. The molecule has 0 radical (unpaired) electrons. The SMILES string of the molecule is Cc1nnn(Cc2cc(C(F)(F)F)ccc2CCC(=O)N2CCC(C(=O)O)CC2)n1. The fraction of sp³-hybridized carbons (Fsp3) is 0.526. The van der Waals surface area contributed by atoms with E-state index >= 15 is 0 Å². The van der Waals surface area contributed by atoms with E-state index in [-0.39, 0.29) is 25.3 Å². The molecule has 0 bridgehead atoms. The average Bonchev–Trinajstić information content (AvgIpc) is 3.10. The number of alkyl halides is 3. The lowest BCUT2D eigenvalue weighted by Gasteiger charge is -2.30. The van der Waals surface area contributed by atoms with Crippen LogP contribution in [0.5, 0.6) is 0 Å². The van der Waals surface area contributed by atoms with Gasteiger partial charge in [-0.3, -0.25) is 9.59 Å². The molecule has 1 amide bonds. The van der Waals surface area contributed by atoms with Crippen LogP contribution in [0.15, 0.2) is 18.2 Å². The van der Waals surface area contributed by atoms with Crippen LogP contribution < -0.4 is 0 Å². The van der Waals surface area contributed by atoms with E-state index in [1.807, 2.05) is 0 Å². The molecular weight excluding hydrogens is 403 g/mol. The summed E-state index contributed by atoms with van der Waals surface area (Å²) < 4.78 is 39.4. The first-order chi connectivity index (χ1) is 14.1. The molecule has 0 aliphatic carbocycles. The van der Waals surface area contributed by atoms with E-state index in [0.29, 0.717) is 42.9 Å². The van der Waals surface area contributed by atoms with Crippen LogP contribution in [-0.2, 0) is 28.7 Å². The number of aromatic nitrogens is 4. The van der Waals surface area contributed by atoms with Crippen molar-refractivity contribution >= 4 is 11.9 Å². The molecule has 2 heterocycles. The van der Waals surface area contributed by atoms with Gasteiger partial charge < -0.3 is 10.0 Å². The van der Waals surface area contributed by atoms with Gasteiger partial charge in [0.25, 0.3) is 0 Å². The number of amides is 1. The van der Waals surface area contributed by atoms with E-state index in [9.17, 15) is 22.8 Å². The van der Waals surface area contributed by atoms with Gasteiger partial charge in [-0.2, -0.15) is 18.0 Å². The second-order valence-corrected chi connectivity index (χ2v) is 7.34. The number of likely N-dealkylation sites (tertiary alicyclic amines) is 1. The van der Waals surface area contributed by atoms with Gasteiger partial charge >= 0.3 is 12.1 Å². The predicted molar refractivity (Wildman–Crippen MR) is 98.4 cm³/mol. The van der Waals surface area contributed by atoms with Crippen molar-refractivity contribution in [1.29, 1.82) is 0 Å². The number of carbonyl (C=O) groups excluding carboxylic acids is 1. The fourth-order valence-electron chi connectivity index (χ4n) is 3.51. The van der Waals surface area contributed by atoms with Crippen molar-refractivity contribution in [2.24, 2.45) is 5.92 Å². The van der Waals surface area contributed by atoms with Crippen molar-refractivity contribution in [1.82, 2.24) is 25.1 Å². The number of aryl methyl sites for hydroxylation is 2. The van der Waals surface area contributed by atoms with E-state index in [1.165, 1.54) is 10.9 Å². The molecule has 1 fully saturated rings. The number of tetrazole rings is 1. The summed E-state index contributed by atoms with van der Waals surface area (Å²) in [4.78, 5) is 26.4. The van der Waals surface area contributed by atoms with Crippen LogP contribution >= 0.6 is 0 Å². The van der Waals surface area contributed by atoms with Crippen molar-refractivity contribution in [3.05, 3.63) is 40.7 Å². The average molecular weight is 425 g/mol. The summed E-state index contributed by atoms with van der Waals surface area (Å²) in [5.74, 6) is -1.02. The largest absolute Gasteiger partial charge is 0.481 e. The Morgan fingerprint density at radius 3 is 2.47 bits per heavy atom. The third-order valence-electron chi connectivity index (χ3n) is 5.20. The number of carboxylic acids is 1. The molecule has 0 saturated carbocycles. The van der Waals surface area contributed by atoms with Crippen molar-refractivity contribution < 1.29 is 27.9 Å². The Morgan fingerprint density at radius 2 is 1.90 bits per heavy atom.